The Hall–Kier alpha value is -2.41. The number of halogens is 1. The number of benzene rings is 2. The van der Waals surface area contributed by atoms with Gasteiger partial charge in [-0.15, -0.1) is 0 Å². The Morgan fingerprint density at radius 3 is 2.69 bits per heavy atom. The highest BCUT2D eigenvalue weighted by Gasteiger charge is 2.30. The third-order valence-electron chi connectivity index (χ3n) is 5.51. The molecule has 0 radical (unpaired) electrons. The second-order valence-electron chi connectivity index (χ2n) is 8.10. The molecule has 1 amide bonds. The molecule has 0 spiro atoms. The SMILES string of the molecule is CCCCCCCCOc1ccc(C2CC(C(=O)N/N=C/c3cccc(Cl)c3)NN2)cc1. The van der Waals surface area contributed by atoms with Crippen LogP contribution in [-0.2, 0) is 4.79 Å². The lowest BCUT2D eigenvalue weighted by atomic mass is 10.0. The minimum absolute atomic E-state index is 0.0512. The maximum Gasteiger partial charge on any atom is 0.258 e. The summed E-state index contributed by atoms with van der Waals surface area (Å²) in [6.45, 7) is 2.99. The van der Waals surface area contributed by atoms with Gasteiger partial charge in [-0.3, -0.25) is 4.79 Å². The number of hydrogen-bond donors (Lipinski definition) is 3. The van der Waals surface area contributed by atoms with Crippen LogP contribution in [0.2, 0.25) is 5.02 Å². The van der Waals surface area contributed by atoms with Crippen molar-refractivity contribution in [3.05, 3.63) is 64.7 Å². The molecule has 2 aromatic rings. The van der Waals surface area contributed by atoms with Crippen LogP contribution >= 0.6 is 11.6 Å². The largest absolute Gasteiger partial charge is 0.494 e. The van der Waals surface area contributed by atoms with E-state index in [4.69, 9.17) is 16.3 Å². The summed E-state index contributed by atoms with van der Waals surface area (Å²) >= 11 is 5.95. The lowest BCUT2D eigenvalue weighted by molar-refractivity contribution is -0.122. The highest BCUT2D eigenvalue weighted by atomic mass is 35.5. The van der Waals surface area contributed by atoms with Crippen LogP contribution in [-0.4, -0.2) is 24.8 Å². The smallest absolute Gasteiger partial charge is 0.258 e. The summed E-state index contributed by atoms with van der Waals surface area (Å²) in [4.78, 5) is 12.4. The highest BCUT2D eigenvalue weighted by molar-refractivity contribution is 6.30. The van der Waals surface area contributed by atoms with Crippen LogP contribution in [0.25, 0.3) is 0 Å². The van der Waals surface area contributed by atoms with E-state index in [0.717, 1.165) is 29.9 Å². The number of nitrogens with one attached hydrogen (secondary N) is 3. The van der Waals surface area contributed by atoms with Crippen molar-refractivity contribution in [1.82, 2.24) is 16.3 Å². The zero-order valence-electron chi connectivity index (χ0n) is 18.6. The second kappa shape index (κ2) is 13.2. The molecule has 7 heteroatoms. The van der Waals surface area contributed by atoms with Gasteiger partial charge in [-0.25, -0.2) is 16.3 Å². The predicted octanol–water partition coefficient (Wildman–Crippen LogP) is 5.14. The van der Waals surface area contributed by atoms with Gasteiger partial charge in [0.25, 0.3) is 5.91 Å². The summed E-state index contributed by atoms with van der Waals surface area (Å²) in [6, 6.07) is 15.1. The van der Waals surface area contributed by atoms with E-state index in [2.05, 4.69) is 28.3 Å². The lowest BCUT2D eigenvalue weighted by Crippen LogP contribution is -2.41. The minimum atomic E-state index is -0.361. The summed E-state index contributed by atoms with van der Waals surface area (Å²) in [7, 11) is 0. The Morgan fingerprint density at radius 1 is 1.12 bits per heavy atom. The minimum Gasteiger partial charge on any atom is -0.494 e. The third-order valence-corrected chi connectivity index (χ3v) is 5.74. The van der Waals surface area contributed by atoms with Gasteiger partial charge in [0.2, 0.25) is 0 Å². The molecular formula is C25H33ClN4O2. The van der Waals surface area contributed by atoms with E-state index < -0.39 is 0 Å². The zero-order valence-corrected chi connectivity index (χ0v) is 19.4. The van der Waals surface area contributed by atoms with Crippen LogP contribution in [0.1, 0.15) is 69.0 Å². The number of amides is 1. The molecule has 3 N–H and O–H groups in total. The van der Waals surface area contributed by atoms with Crippen molar-refractivity contribution in [3.8, 4) is 5.75 Å². The van der Waals surface area contributed by atoms with Gasteiger partial charge in [0.1, 0.15) is 11.8 Å². The van der Waals surface area contributed by atoms with Gasteiger partial charge in [-0.2, -0.15) is 5.10 Å². The molecule has 1 aliphatic heterocycles. The number of carbonyl (C=O) groups excluding carboxylic acids is 1. The molecule has 0 aliphatic carbocycles. The molecule has 2 unspecified atom stereocenters. The maximum atomic E-state index is 12.4. The number of hydrogen-bond acceptors (Lipinski definition) is 5. The molecule has 2 aromatic carbocycles. The molecule has 0 bridgehead atoms. The number of hydrazine groups is 1. The monoisotopic (exact) mass is 456 g/mol. The van der Waals surface area contributed by atoms with Gasteiger partial charge in [-0.1, -0.05) is 74.9 Å². The molecule has 0 aromatic heterocycles. The number of ether oxygens (including phenoxy) is 1. The van der Waals surface area contributed by atoms with Gasteiger partial charge in [0, 0.05) is 11.1 Å². The van der Waals surface area contributed by atoms with Crippen molar-refractivity contribution in [2.75, 3.05) is 6.61 Å². The molecule has 2 atom stereocenters. The third kappa shape index (κ3) is 7.93. The van der Waals surface area contributed by atoms with E-state index in [1.54, 1.807) is 18.3 Å². The summed E-state index contributed by atoms with van der Waals surface area (Å²) in [5, 5.41) is 4.65. The summed E-state index contributed by atoms with van der Waals surface area (Å²) in [5.74, 6) is 0.704. The van der Waals surface area contributed by atoms with Crippen molar-refractivity contribution < 1.29 is 9.53 Å². The Balaban J connectivity index is 1.38. The summed E-state index contributed by atoms with van der Waals surface area (Å²) in [6.07, 6.45) is 9.74. The van der Waals surface area contributed by atoms with Gasteiger partial charge in [0.15, 0.2) is 0 Å². The van der Waals surface area contributed by atoms with Crippen molar-refractivity contribution >= 4 is 23.7 Å². The Kier molecular flexibility index (Phi) is 10.0. The molecular weight excluding hydrogens is 424 g/mol. The normalized spacial score (nSPS) is 18.2. The van der Waals surface area contributed by atoms with Crippen molar-refractivity contribution in [2.45, 2.75) is 64.0 Å². The highest BCUT2D eigenvalue weighted by Crippen LogP contribution is 2.24. The van der Waals surface area contributed by atoms with E-state index in [9.17, 15) is 4.79 Å². The molecule has 1 aliphatic rings. The molecule has 6 nitrogen and oxygen atoms in total. The van der Waals surface area contributed by atoms with Gasteiger partial charge in [-0.05, 0) is 48.2 Å². The Morgan fingerprint density at radius 2 is 1.91 bits per heavy atom. The first-order valence-corrected chi connectivity index (χ1v) is 11.9. The van der Waals surface area contributed by atoms with E-state index in [-0.39, 0.29) is 18.0 Å². The molecule has 172 valence electrons. The van der Waals surface area contributed by atoms with Crippen molar-refractivity contribution in [2.24, 2.45) is 5.10 Å². The first-order chi connectivity index (χ1) is 15.7. The lowest BCUT2D eigenvalue weighted by Gasteiger charge is -2.11. The maximum absolute atomic E-state index is 12.4. The molecule has 1 saturated heterocycles. The second-order valence-corrected chi connectivity index (χ2v) is 8.54. The van der Waals surface area contributed by atoms with Crippen LogP contribution < -0.4 is 21.0 Å². The number of rotatable bonds is 12. The van der Waals surface area contributed by atoms with Crippen LogP contribution in [0, 0.1) is 0 Å². The molecule has 0 saturated carbocycles. The topological polar surface area (TPSA) is 74.8 Å². The predicted molar refractivity (Wildman–Crippen MR) is 130 cm³/mol. The fourth-order valence-corrected chi connectivity index (χ4v) is 3.85. The van der Waals surface area contributed by atoms with Crippen LogP contribution in [0.4, 0.5) is 0 Å². The Labute approximate surface area is 195 Å². The van der Waals surface area contributed by atoms with Crippen LogP contribution in [0.3, 0.4) is 0 Å². The first-order valence-electron chi connectivity index (χ1n) is 11.5. The summed E-state index contributed by atoms with van der Waals surface area (Å²) in [5.41, 5.74) is 10.8. The molecule has 3 rings (SSSR count). The number of carbonyl (C=O) groups is 1. The fourth-order valence-electron chi connectivity index (χ4n) is 3.65. The van der Waals surface area contributed by atoms with E-state index in [1.807, 2.05) is 36.4 Å². The number of unbranched alkanes of at least 4 members (excludes halogenated alkanes) is 5. The number of hydrazone groups is 1. The summed E-state index contributed by atoms with van der Waals surface area (Å²) < 4.78 is 5.85. The van der Waals surface area contributed by atoms with Gasteiger partial charge < -0.3 is 4.74 Å². The first kappa shape index (κ1) is 24.2. The van der Waals surface area contributed by atoms with E-state index >= 15 is 0 Å². The van der Waals surface area contributed by atoms with Crippen LogP contribution in [0.5, 0.6) is 5.75 Å². The molecule has 1 fully saturated rings. The van der Waals surface area contributed by atoms with Crippen molar-refractivity contribution in [3.63, 3.8) is 0 Å². The van der Waals surface area contributed by atoms with Gasteiger partial charge >= 0.3 is 0 Å². The average Bonchev–Trinajstić information content (AvgIpc) is 3.29. The van der Waals surface area contributed by atoms with E-state index in [0.29, 0.717) is 11.4 Å². The van der Waals surface area contributed by atoms with E-state index in [1.165, 1.54) is 32.1 Å². The molecule has 32 heavy (non-hydrogen) atoms. The average molecular weight is 457 g/mol. The molecule has 1 heterocycles. The zero-order chi connectivity index (χ0) is 22.6. The standard InChI is InChI=1S/C25H33ClN4O2/c1-2-3-4-5-6-7-15-32-22-13-11-20(12-14-22)23-17-24(29-28-23)25(31)30-27-18-19-9-8-10-21(26)16-19/h8-14,16,18,23-24,28-29H,2-7,15,17H2,1H3,(H,30,31)/b27-18+. The van der Waals surface area contributed by atoms with Gasteiger partial charge in [0.05, 0.1) is 12.8 Å². The fraction of sp³-hybridized carbons (Fsp3) is 0.440. The van der Waals surface area contributed by atoms with Crippen molar-refractivity contribution in [1.29, 1.82) is 0 Å². The Bertz CT molecular complexity index is 873. The number of nitrogens with zero attached hydrogens (tertiary/aromatic N) is 1. The van der Waals surface area contributed by atoms with Crippen LogP contribution in [0.15, 0.2) is 53.6 Å². The quantitative estimate of drug-likeness (QED) is 0.235.